The quantitative estimate of drug-likeness (QED) is 0.157. The van der Waals surface area contributed by atoms with Crippen molar-refractivity contribution in [2.45, 2.75) is 53.9 Å². The van der Waals surface area contributed by atoms with E-state index in [4.69, 9.17) is 24.7 Å². The van der Waals surface area contributed by atoms with Crippen molar-refractivity contribution in [2.24, 2.45) is 0 Å². The highest BCUT2D eigenvalue weighted by Gasteiger charge is 2.32. The predicted molar refractivity (Wildman–Crippen MR) is 307 cm³/mol. The third-order valence-corrected chi connectivity index (χ3v) is 15.3. The molecule has 13 aromatic rings. The van der Waals surface area contributed by atoms with Gasteiger partial charge in [-0.15, -0.1) is 0 Å². The molecule has 6 heterocycles. The van der Waals surface area contributed by atoms with Crippen molar-refractivity contribution >= 4 is 88.4 Å². The molecule has 1 aliphatic rings. The molecular formula is C65H53N9O. The van der Waals surface area contributed by atoms with Gasteiger partial charge in [-0.3, -0.25) is 18.6 Å². The maximum atomic E-state index is 6.83. The molecule has 10 nitrogen and oxygen atoms in total. The van der Waals surface area contributed by atoms with Crippen LogP contribution in [-0.2, 0) is 5.41 Å². The van der Waals surface area contributed by atoms with Crippen LogP contribution >= 0.6 is 0 Å². The zero-order valence-corrected chi connectivity index (χ0v) is 43.0. The molecule has 8 aromatic carbocycles. The van der Waals surface area contributed by atoms with Crippen LogP contribution < -0.4 is 14.5 Å². The van der Waals surface area contributed by atoms with Gasteiger partial charge in [-0.05, 0) is 116 Å². The van der Waals surface area contributed by atoms with Crippen LogP contribution in [0.15, 0.2) is 182 Å². The fourth-order valence-corrected chi connectivity index (χ4v) is 11.7. The average Bonchev–Trinajstić information content (AvgIpc) is 4.17. The van der Waals surface area contributed by atoms with Gasteiger partial charge in [-0.25, -0.2) is 4.98 Å². The van der Waals surface area contributed by atoms with Crippen molar-refractivity contribution in [2.75, 3.05) is 16.5 Å². The molecule has 0 amide bonds. The van der Waals surface area contributed by atoms with Crippen LogP contribution in [0.3, 0.4) is 0 Å². The van der Waals surface area contributed by atoms with Gasteiger partial charge in [0.25, 0.3) is 0 Å². The lowest BCUT2D eigenvalue weighted by Gasteiger charge is -2.22. The lowest BCUT2D eigenvalue weighted by molar-refractivity contribution is 0.483. The summed E-state index contributed by atoms with van der Waals surface area (Å²) in [6.45, 7) is 15.8. The van der Waals surface area contributed by atoms with Crippen LogP contribution in [0.4, 0.5) is 23.0 Å². The Morgan fingerprint density at radius 2 is 0.907 bits per heavy atom. The molecule has 14 rings (SSSR count). The second-order valence-corrected chi connectivity index (χ2v) is 21.1. The summed E-state index contributed by atoms with van der Waals surface area (Å²) in [7, 11) is 0. The standard InChI is InChI=1S/C65H53N9O/c1-39-17-12-24-49-50-25-13-18-40(2)59(50)73(58(39)49)63-67-62(68-64(69-63)74-60-41(3)19-14-26-51(60)52-27-15-20-42(4)61(52)74)71-38-70(54-29-10-11-30-55(54)71)44-21-16-22-45(36-44)75-46-31-32-48-47-23-8-9-28-53(47)72(56(48)37-46)57-35-43(33-34-66-57)65(5,6)7/h8-37H,38H2,1-7H3. The van der Waals surface area contributed by atoms with E-state index in [9.17, 15) is 0 Å². The molecule has 0 spiro atoms. The van der Waals surface area contributed by atoms with E-state index in [1.54, 1.807) is 0 Å². The smallest absolute Gasteiger partial charge is 0.241 e. The van der Waals surface area contributed by atoms with E-state index in [-0.39, 0.29) is 5.41 Å². The van der Waals surface area contributed by atoms with Gasteiger partial charge >= 0.3 is 0 Å². The zero-order chi connectivity index (χ0) is 50.9. The molecular weight excluding hydrogens is 923 g/mol. The number of hydrogen-bond acceptors (Lipinski definition) is 7. The summed E-state index contributed by atoms with van der Waals surface area (Å²) in [5.74, 6) is 3.97. The van der Waals surface area contributed by atoms with Crippen molar-refractivity contribution in [3.05, 3.63) is 210 Å². The summed E-state index contributed by atoms with van der Waals surface area (Å²) >= 11 is 0. The summed E-state index contributed by atoms with van der Waals surface area (Å²) < 4.78 is 13.6. The van der Waals surface area contributed by atoms with Crippen LogP contribution in [-0.4, -0.2) is 40.3 Å². The largest absolute Gasteiger partial charge is 0.457 e. The number of aromatic nitrogens is 7. The molecule has 364 valence electrons. The van der Waals surface area contributed by atoms with Gasteiger partial charge in [0.2, 0.25) is 17.8 Å². The van der Waals surface area contributed by atoms with Gasteiger partial charge in [0, 0.05) is 56.3 Å². The first-order chi connectivity index (χ1) is 36.5. The van der Waals surface area contributed by atoms with Crippen molar-refractivity contribution < 1.29 is 4.74 Å². The van der Waals surface area contributed by atoms with Crippen molar-refractivity contribution in [3.8, 4) is 29.2 Å². The molecule has 5 aromatic heterocycles. The number of para-hydroxylation sites is 7. The Bertz CT molecular complexity index is 4230. The van der Waals surface area contributed by atoms with E-state index in [2.05, 4.69) is 242 Å². The first-order valence-electron chi connectivity index (χ1n) is 25.7. The van der Waals surface area contributed by atoms with E-state index in [1.807, 2.05) is 12.3 Å². The first kappa shape index (κ1) is 44.4. The van der Waals surface area contributed by atoms with Crippen molar-refractivity contribution in [1.29, 1.82) is 0 Å². The van der Waals surface area contributed by atoms with Gasteiger partial charge in [-0.1, -0.05) is 130 Å². The third kappa shape index (κ3) is 6.93. The van der Waals surface area contributed by atoms with Crippen LogP contribution in [0.25, 0.3) is 83.1 Å². The molecule has 0 saturated heterocycles. The maximum Gasteiger partial charge on any atom is 0.241 e. The highest BCUT2D eigenvalue weighted by atomic mass is 16.5. The number of fused-ring (bicyclic) bond motifs is 10. The minimum absolute atomic E-state index is 0.0302. The van der Waals surface area contributed by atoms with Crippen molar-refractivity contribution in [1.82, 2.24) is 33.6 Å². The third-order valence-electron chi connectivity index (χ3n) is 15.3. The predicted octanol–water partition coefficient (Wildman–Crippen LogP) is 16.1. The lowest BCUT2D eigenvalue weighted by Crippen LogP contribution is -2.26. The van der Waals surface area contributed by atoms with Gasteiger partial charge in [-0.2, -0.15) is 15.0 Å². The fraction of sp³-hybridized carbons (Fsp3) is 0.138. The maximum absolute atomic E-state index is 6.83. The normalized spacial score (nSPS) is 12.9. The minimum atomic E-state index is -0.0302. The van der Waals surface area contributed by atoms with Crippen LogP contribution in [0.5, 0.6) is 11.5 Å². The number of rotatable bonds is 7. The monoisotopic (exact) mass is 975 g/mol. The summed E-state index contributed by atoms with van der Waals surface area (Å²) in [6, 6.07) is 62.1. The van der Waals surface area contributed by atoms with E-state index in [1.165, 1.54) is 10.9 Å². The Morgan fingerprint density at radius 3 is 1.49 bits per heavy atom. The highest BCUT2D eigenvalue weighted by molar-refractivity contribution is 6.13. The number of pyridine rings is 1. The molecule has 10 heteroatoms. The number of benzene rings is 8. The Labute approximate surface area is 434 Å². The first-order valence-corrected chi connectivity index (χ1v) is 25.7. The molecule has 75 heavy (non-hydrogen) atoms. The summed E-state index contributed by atoms with van der Waals surface area (Å²) in [5, 5.41) is 6.94. The van der Waals surface area contributed by atoms with Gasteiger partial charge in [0.15, 0.2) is 0 Å². The van der Waals surface area contributed by atoms with Gasteiger partial charge < -0.3 is 9.64 Å². The number of aryl methyl sites for hydroxylation is 4. The second-order valence-electron chi connectivity index (χ2n) is 21.1. The van der Waals surface area contributed by atoms with Gasteiger partial charge in [0.05, 0.1) is 44.5 Å². The molecule has 0 N–H and O–H groups in total. The number of ether oxygens (including phenoxy) is 1. The van der Waals surface area contributed by atoms with Crippen LogP contribution in [0.1, 0.15) is 48.6 Å². The number of anilines is 4. The van der Waals surface area contributed by atoms with Crippen LogP contribution in [0.2, 0.25) is 0 Å². The number of hydrogen-bond donors (Lipinski definition) is 0. The lowest BCUT2D eigenvalue weighted by atomic mass is 9.88. The summed E-state index contributed by atoms with van der Waals surface area (Å²) in [5.41, 5.74) is 15.2. The van der Waals surface area contributed by atoms with Gasteiger partial charge in [0.1, 0.15) is 24.0 Å². The SMILES string of the molecule is Cc1cccc2c3cccc(C)c3n(-c3nc(N4CN(c5cccc(Oc6ccc7c8ccccc8n(-c8cc(C(C)(C)C)ccn8)c7c6)c5)c5ccccc54)nc(-n4c5c(C)cccc5c5cccc(C)c54)n3)c12. The Morgan fingerprint density at radius 1 is 0.413 bits per heavy atom. The summed E-state index contributed by atoms with van der Waals surface area (Å²) in [4.78, 5) is 26.1. The summed E-state index contributed by atoms with van der Waals surface area (Å²) in [6.07, 6.45) is 1.92. The fourth-order valence-electron chi connectivity index (χ4n) is 11.7. The van der Waals surface area contributed by atoms with Crippen molar-refractivity contribution in [3.63, 3.8) is 0 Å². The Balaban J connectivity index is 0.905. The van der Waals surface area contributed by atoms with Crippen LogP contribution in [0, 0.1) is 27.7 Å². The Hall–Kier alpha value is -9.28. The molecule has 0 fully saturated rings. The molecule has 0 atom stereocenters. The highest BCUT2D eigenvalue weighted by Crippen LogP contribution is 2.46. The van der Waals surface area contributed by atoms with E-state index < -0.39 is 0 Å². The second kappa shape index (κ2) is 16.6. The zero-order valence-electron chi connectivity index (χ0n) is 43.0. The van der Waals surface area contributed by atoms with E-state index >= 15 is 0 Å². The minimum Gasteiger partial charge on any atom is -0.457 e. The van der Waals surface area contributed by atoms with E-state index in [0.717, 1.165) is 117 Å². The molecule has 0 aliphatic carbocycles. The molecule has 0 saturated carbocycles. The topological polar surface area (TPSA) is 82.1 Å². The molecule has 0 bridgehead atoms. The average molecular weight is 976 g/mol. The van der Waals surface area contributed by atoms with E-state index in [0.29, 0.717) is 24.5 Å². The molecule has 0 unspecified atom stereocenters. The molecule has 1 aliphatic heterocycles. The molecule has 0 radical (unpaired) electrons. The Kier molecular flexibility index (Phi) is 9.85. The number of nitrogens with zero attached hydrogens (tertiary/aromatic N) is 9.